The Bertz CT molecular complexity index is 874. The number of hydrogen-bond acceptors (Lipinski definition) is 4. The number of halogens is 3. The Labute approximate surface area is 178 Å². The number of rotatable bonds is 8. The number of fused-ring (bicyclic) bond motifs is 1. The lowest BCUT2D eigenvalue weighted by molar-refractivity contribution is -0.113. The van der Waals surface area contributed by atoms with Crippen molar-refractivity contribution >= 4 is 40.6 Å². The van der Waals surface area contributed by atoms with Crippen LogP contribution in [0.1, 0.15) is 20.3 Å². The second-order valence-electron chi connectivity index (χ2n) is 6.97. The smallest absolute Gasteiger partial charge is 0.234 e. The highest BCUT2D eigenvalue weighted by atomic mass is 35.5. The molecule has 2 aromatic rings. The third-order valence-corrected chi connectivity index (χ3v) is 6.03. The van der Waals surface area contributed by atoms with Gasteiger partial charge in [0.25, 0.3) is 0 Å². The van der Waals surface area contributed by atoms with Crippen molar-refractivity contribution in [2.45, 2.75) is 25.2 Å². The minimum absolute atomic E-state index is 0.0191. The van der Waals surface area contributed by atoms with Gasteiger partial charge in [-0.15, -0.1) is 11.8 Å². The number of amides is 1. The Balaban J connectivity index is 1.58. The molecule has 1 heterocycles. The van der Waals surface area contributed by atoms with Crippen molar-refractivity contribution in [1.82, 2.24) is 0 Å². The van der Waals surface area contributed by atoms with Crippen LogP contribution in [0.4, 0.5) is 20.2 Å². The van der Waals surface area contributed by atoms with Crippen molar-refractivity contribution < 1.29 is 18.3 Å². The molecule has 4 nitrogen and oxygen atoms in total. The third-order valence-electron chi connectivity index (χ3n) is 4.70. The molecule has 0 saturated heterocycles. The fourth-order valence-corrected chi connectivity index (χ4v) is 4.24. The Hall–Kier alpha value is -1.99. The number of carbonyl (C=O) groups is 1. The molecule has 156 valence electrons. The summed E-state index contributed by atoms with van der Waals surface area (Å²) in [5, 5.41) is 2.88. The van der Waals surface area contributed by atoms with Gasteiger partial charge in [0.1, 0.15) is 11.4 Å². The standard InChI is InChI=1S/C21H23ClF2N2O2S/c1-3-26(20-15(23)9-14(22)10-16(20)24)8-7-13(2)11-28-18-6-4-5-17-21(18)29-12-19(27)25-17/h4-6,9-10,13H,3,7-8,11-12H2,1-2H3,(H,25,27). The Morgan fingerprint density at radius 2 is 2.03 bits per heavy atom. The summed E-state index contributed by atoms with van der Waals surface area (Å²) in [4.78, 5) is 14.1. The van der Waals surface area contributed by atoms with Crippen molar-refractivity contribution in [2.24, 2.45) is 5.92 Å². The first-order chi connectivity index (χ1) is 13.9. The molecule has 0 aliphatic carbocycles. The molecule has 0 saturated carbocycles. The van der Waals surface area contributed by atoms with Crippen molar-refractivity contribution in [3.63, 3.8) is 0 Å². The lowest BCUT2D eigenvalue weighted by Gasteiger charge is -2.26. The van der Waals surface area contributed by atoms with Gasteiger partial charge < -0.3 is 15.0 Å². The quantitative estimate of drug-likeness (QED) is 0.580. The van der Waals surface area contributed by atoms with Gasteiger partial charge in [-0.1, -0.05) is 24.6 Å². The molecule has 8 heteroatoms. The summed E-state index contributed by atoms with van der Waals surface area (Å²) in [7, 11) is 0. The zero-order chi connectivity index (χ0) is 21.0. The van der Waals surface area contributed by atoms with Gasteiger partial charge in [-0.05, 0) is 43.5 Å². The Morgan fingerprint density at radius 1 is 1.31 bits per heavy atom. The first kappa shape index (κ1) is 21.7. The predicted molar refractivity (Wildman–Crippen MR) is 114 cm³/mol. The van der Waals surface area contributed by atoms with E-state index >= 15 is 0 Å². The number of carbonyl (C=O) groups excluding carboxylic acids is 1. The summed E-state index contributed by atoms with van der Waals surface area (Å²) in [6.45, 7) is 5.33. The fraction of sp³-hybridized carbons (Fsp3) is 0.381. The second-order valence-corrected chi connectivity index (χ2v) is 8.39. The third kappa shape index (κ3) is 5.34. The Morgan fingerprint density at radius 3 is 2.72 bits per heavy atom. The molecule has 0 aromatic heterocycles. The molecular formula is C21H23ClF2N2O2S. The zero-order valence-corrected chi connectivity index (χ0v) is 17.9. The van der Waals surface area contributed by atoms with Gasteiger partial charge in [0, 0.05) is 18.1 Å². The first-order valence-corrected chi connectivity index (χ1v) is 10.8. The molecule has 0 fully saturated rings. The lowest BCUT2D eigenvalue weighted by atomic mass is 10.1. The van der Waals surface area contributed by atoms with Gasteiger partial charge in [-0.25, -0.2) is 8.78 Å². The first-order valence-electron chi connectivity index (χ1n) is 9.47. The van der Waals surface area contributed by atoms with Crippen LogP contribution in [0.3, 0.4) is 0 Å². The van der Waals surface area contributed by atoms with Crippen molar-refractivity contribution in [3.05, 3.63) is 47.0 Å². The highest BCUT2D eigenvalue weighted by molar-refractivity contribution is 8.00. The van der Waals surface area contributed by atoms with Gasteiger partial charge in [-0.3, -0.25) is 4.79 Å². The van der Waals surface area contributed by atoms with E-state index in [1.165, 1.54) is 11.8 Å². The van der Waals surface area contributed by atoms with E-state index < -0.39 is 11.6 Å². The summed E-state index contributed by atoms with van der Waals surface area (Å²) in [6.07, 6.45) is 0.703. The van der Waals surface area contributed by atoms with E-state index in [-0.39, 0.29) is 22.5 Å². The van der Waals surface area contributed by atoms with Crippen LogP contribution in [0.25, 0.3) is 0 Å². The molecule has 2 aromatic carbocycles. The molecule has 1 N–H and O–H groups in total. The van der Waals surface area contributed by atoms with Crippen LogP contribution in [0.5, 0.6) is 5.75 Å². The number of nitrogens with zero attached hydrogens (tertiary/aromatic N) is 1. The van der Waals surface area contributed by atoms with Gasteiger partial charge in [0.05, 0.1) is 22.9 Å². The van der Waals surface area contributed by atoms with E-state index in [2.05, 4.69) is 5.32 Å². The summed E-state index contributed by atoms with van der Waals surface area (Å²) in [6, 6.07) is 7.83. The molecule has 0 bridgehead atoms. The molecule has 1 aliphatic heterocycles. The lowest BCUT2D eigenvalue weighted by Crippen LogP contribution is -2.28. The van der Waals surface area contributed by atoms with Crippen LogP contribution in [0.15, 0.2) is 35.2 Å². The van der Waals surface area contributed by atoms with Crippen LogP contribution in [-0.2, 0) is 4.79 Å². The van der Waals surface area contributed by atoms with E-state index in [4.69, 9.17) is 16.3 Å². The van der Waals surface area contributed by atoms with Crippen molar-refractivity contribution in [2.75, 3.05) is 35.7 Å². The van der Waals surface area contributed by atoms with E-state index in [1.807, 2.05) is 32.0 Å². The van der Waals surface area contributed by atoms with E-state index in [1.54, 1.807) is 4.90 Å². The van der Waals surface area contributed by atoms with Gasteiger partial charge in [0.2, 0.25) is 5.91 Å². The summed E-state index contributed by atoms with van der Waals surface area (Å²) in [5.74, 6) is -0.0594. The number of hydrogen-bond donors (Lipinski definition) is 1. The maximum absolute atomic E-state index is 14.2. The minimum Gasteiger partial charge on any atom is -0.492 e. The molecule has 1 aliphatic rings. The summed E-state index contributed by atoms with van der Waals surface area (Å²) < 4.78 is 34.4. The summed E-state index contributed by atoms with van der Waals surface area (Å²) in [5.41, 5.74) is 0.719. The number of thioether (sulfide) groups is 1. The Kier molecular flexibility index (Phi) is 7.24. The average molecular weight is 441 g/mol. The minimum atomic E-state index is -0.657. The predicted octanol–water partition coefficient (Wildman–Crippen LogP) is 5.59. The van der Waals surface area contributed by atoms with Gasteiger partial charge >= 0.3 is 0 Å². The molecule has 1 amide bonds. The number of benzene rings is 2. The number of anilines is 2. The fourth-order valence-electron chi connectivity index (χ4n) is 3.16. The van der Waals surface area contributed by atoms with Crippen LogP contribution in [0.2, 0.25) is 5.02 Å². The van der Waals surface area contributed by atoms with Crippen LogP contribution >= 0.6 is 23.4 Å². The summed E-state index contributed by atoms with van der Waals surface area (Å²) >= 11 is 7.17. The van der Waals surface area contributed by atoms with E-state index in [9.17, 15) is 13.6 Å². The molecular weight excluding hydrogens is 418 g/mol. The van der Waals surface area contributed by atoms with Gasteiger partial charge in [0.15, 0.2) is 11.6 Å². The average Bonchev–Trinajstić information content (AvgIpc) is 2.67. The maximum atomic E-state index is 14.2. The van der Waals surface area contributed by atoms with Crippen molar-refractivity contribution in [3.8, 4) is 5.75 Å². The number of nitrogens with one attached hydrogen (secondary N) is 1. The highest BCUT2D eigenvalue weighted by Gasteiger charge is 2.20. The largest absolute Gasteiger partial charge is 0.492 e. The van der Waals surface area contributed by atoms with Crippen molar-refractivity contribution in [1.29, 1.82) is 0 Å². The normalized spacial score (nSPS) is 14.2. The molecule has 29 heavy (non-hydrogen) atoms. The topological polar surface area (TPSA) is 41.6 Å². The van der Waals surface area contributed by atoms with Crippen LogP contribution in [0, 0.1) is 17.6 Å². The van der Waals surface area contributed by atoms with Gasteiger partial charge in [-0.2, -0.15) is 0 Å². The van der Waals surface area contributed by atoms with E-state index in [0.717, 1.165) is 28.5 Å². The highest BCUT2D eigenvalue weighted by Crippen LogP contribution is 2.39. The molecule has 1 atom stereocenters. The SMILES string of the molecule is CCN(CCC(C)COc1cccc2c1SCC(=O)N2)c1c(F)cc(Cl)cc1F. The second kappa shape index (κ2) is 9.67. The number of ether oxygens (including phenoxy) is 1. The monoisotopic (exact) mass is 440 g/mol. The maximum Gasteiger partial charge on any atom is 0.234 e. The molecule has 1 unspecified atom stereocenters. The van der Waals surface area contributed by atoms with E-state index in [0.29, 0.717) is 31.9 Å². The van der Waals surface area contributed by atoms with Crippen LogP contribution < -0.4 is 15.0 Å². The molecule has 0 radical (unpaired) electrons. The zero-order valence-electron chi connectivity index (χ0n) is 16.3. The molecule has 3 rings (SSSR count). The van der Waals surface area contributed by atoms with Crippen LogP contribution in [-0.4, -0.2) is 31.4 Å². The molecule has 0 spiro atoms.